The number of hydrogen-bond acceptors (Lipinski definition) is 4. The second-order valence-electron chi connectivity index (χ2n) is 8.90. The molecule has 1 aromatic rings. The molecule has 0 bridgehead atoms. The highest BCUT2D eigenvalue weighted by Gasteiger charge is 2.31. The van der Waals surface area contributed by atoms with Gasteiger partial charge in [0.05, 0.1) is 12.6 Å². The second kappa shape index (κ2) is 12.2. The van der Waals surface area contributed by atoms with E-state index in [9.17, 15) is 5.11 Å². The summed E-state index contributed by atoms with van der Waals surface area (Å²) >= 11 is 0. The van der Waals surface area contributed by atoms with Gasteiger partial charge in [-0.15, -0.1) is 24.0 Å². The Kier molecular flexibility index (Phi) is 10.3. The quantitative estimate of drug-likeness (QED) is 0.288. The van der Waals surface area contributed by atoms with Crippen LogP contribution < -0.4 is 10.6 Å². The molecule has 0 radical (unpaired) electrons. The average Bonchev–Trinajstić information content (AvgIpc) is 3.07. The van der Waals surface area contributed by atoms with Gasteiger partial charge in [0.15, 0.2) is 5.96 Å². The molecular formula is C23H40IN5O. The molecule has 0 spiro atoms. The zero-order chi connectivity index (χ0) is 20.8. The third-order valence-electron chi connectivity index (χ3n) is 6.18. The van der Waals surface area contributed by atoms with Gasteiger partial charge in [-0.05, 0) is 44.2 Å². The van der Waals surface area contributed by atoms with Gasteiger partial charge in [-0.1, -0.05) is 31.2 Å². The van der Waals surface area contributed by atoms with Gasteiger partial charge < -0.3 is 15.7 Å². The minimum atomic E-state index is -0.455. The zero-order valence-electron chi connectivity index (χ0n) is 19.0. The normalized spacial score (nSPS) is 23.7. The van der Waals surface area contributed by atoms with E-state index in [0.717, 1.165) is 45.1 Å². The molecule has 2 aliphatic rings. The number of benzene rings is 1. The van der Waals surface area contributed by atoms with Crippen molar-refractivity contribution in [3.05, 3.63) is 35.4 Å². The molecule has 0 saturated carbocycles. The monoisotopic (exact) mass is 529 g/mol. The summed E-state index contributed by atoms with van der Waals surface area (Å²) in [6.45, 7) is 14.9. The number of nitrogens with one attached hydrogen (secondary N) is 2. The van der Waals surface area contributed by atoms with Gasteiger partial charge in [0.2, 0.25) is 0 Å². The summed E-state index contributed by atoms with van der Waals surface area (Å²) in [5, 5.41) is 17.5. The fraction of sp³-hybridized carbons (Fsp3) is 0.696. The maximum atomic E-state index is 10.6. The predicted octanol–water partition coefficient (Wildman–Crippen LogP) is 2.31. The molecule has 7 heteroatoms. The summed E-state index contributed by atoms with van der Waals surface area (Å²) in [7, 11) is 0. The molecule has 0 aliphatic carbocycles. The molecule has 30 heavy (non-hydrogen) atoms. The fourth-order valence-electron chi connectivity index (χ4n) is 4.37. The highest BCUT2D eigenvalue weighted by atomic mass is 127. The number of aliphatic hydroxyl groups is 1. The van der Waals surface area contributed by atoms with E-state index in [2.05, 4.69) is 72.4 Å². The van der Waals surface area contributed by atoms with E-state index in [4.69, 9.17) is 4.99 Å². The first kappa shape index (κ1) is 25.4. The molecule has 3 N–H and O–H groups in total. The lowest BCUT2D eigenvalue weighted by atomic mass is 10.00. The molecule has 1 saturated heterocycles. The molecule has 1 fully saturated rings. The van der Waals surface area contributed by atoms with E-state index in [1.165, 1.54) is 11.1 Å². The lowest BCUT2D eigenvalue weighted by molar-refractivity contribution is 0.111. The minimum Gasteiger partial charge on any atom is -0.390 e. The van der Waals surface area contributed by atoms with Crippen LogP contribution in [0.25, 0.3) is 0 Å². The number of fused-ring (bicyclic) bond motifs is 1. The molecule has 2 heterocycles. The Balaban J connectivity index is 0.00000320. The van der Waals surface area contributed by atoms with E-state index >= 15 is 0 Å². The Bertz CT molecular complexity index is 683. The van der Waals surface area contributed by atoms with E-state index in [0.29, 0.717) is 31.1 Å². The SMILES string of the molecule is CCNC(=NCC(O)CN1CCc2ccccc2C1)NC1CN(C(C)C)CC1C.I. The number of likely N-dealkylation sites (tertiary alicyclic amines) is 1. The van der Waals surface area contributed by atoms with Crippen molar-refractivity contribution in [2.24, 2.45) is 10.9 Å². The lowest BCUT2D eigenvalue weighted by Gasteiger charge is -2.30. The standard InChI is InChI=1S/C23H39N5O.HI/c1-5-24-23(26-22-16-28(17(2)3)13-18(22)4)25-12-21(29)15-27-11-10-19-8-6-7-9-20(19)14-27;/h6-9,17-18,21-22,29H,5,10-16H2,1-4H3,(H2,24,25,26);1H. The first-order valence-electron chi connectivity index (χ1n) is 11.2. The largest absolute Gasteiger partial charge is 0.390 e. The van der Waals surface area contributed by atoms with E-state index in [-0.39, 0.29) is 24.0 Å². The maximum absolute atomic E-state index is 10.6. The summed E-state index contributed by atoms with van der Waals surface area (Å²) in [5.41, 5.74) is 2.82. The van der Waals surface area contributed by atoms with Crippen molar-refractivity contribution >= 4 is 29.9 Å². The number of halogens is 1. The van der Waals surface area contributed by atoms with Gasteiger partial charge in [0.1, 0.15) is 0 Å². The molecule has 0 aromatic heterocycles. The predicted molar refractivity (Wildman–Crippen MR) is 136 cm³/mol. The van der Waals surface area contributed by atoms with Crippen LogP contribution in [0.3, 0.4) is 0 Å². The van der Waals surface area contributed by atoms with Crippen LogP contribution in [0.4, 0.5) is 0 Å². The number of β-amino-alcohol motifs (C(OH)–C–C–N with tert-alkyl or cyclic N) is 1. The van der Waals surface area contributed by atoms with Crippen LogP contribution in [0.5, 0.6) is 0 Å². The second-order valence-corrected chi connectivity index (χ2v) is 8.90. The maximum Gasteiger partial charge on any atom is 0.191 e. The van der Waals surface area contributed by atoms with Crippen molar-refractivity contribution in [2.45, 2.75) is 58.8 Å². The molecule has 0 amide bonds. The number of guanidine groups is 1. The average molecular weight is 530 g/mol. The van der Waals surface area contributed by atoms with Crippen LogP contribution in [0.15, 0.2) is 29.3 Å². The van der Waals surface area contributed by atoms with Gasteiger partial charge in [0, 0.05) is 51.4 Å². The summed E-state index contributed by atoms with van der Waals surface area (Å²) < 4.78 is 0. The van der Waals surface area contributed by atoms with Crippen molar-refractivity contribution in [3.63, 3.8) is 0 Å². The van der Waals surface area contributed by atoms with Crippen LogP contribution in [-0.4, -0.2) is 78.3 Å². The highest BCUT2D eigenvalue weighted by Crippen LogP contribution is 2.19. The van der Waals surface area contributed by atoms with Crippen LogP contribution in [-0.2, 0) is 13.0 Å². The molecule has 3 rings (SSSR count). The Morgan fingerprint density at radius 1 is 1.23 bits per heavy atom. The third-order valence-corrected chi connectivity index (χ3v) is 6.18. The van der Waals surface area contributed by atoms with Gasteiger partial charge in [-0.2, -0.15) is 0 Å². The van der Waals surface area contributed by atoms with Gasteiger partial charge in [0.25, 0.3) is 0 Å². The molecule has 3 unspecified atom stereocenters. The molecule has 170 valence electrons. The van der Waals surface area contributed by atoms with Crippen LogP contribution in [0, 0.1) is 5.92 Å². The van der Waals surface area contributed by atoms with E-state index < -0.39 is 6.10 Å². The third kappa shape index (κ3) is 7.07. The van der Waals surface area contributed by atoms with Crippen LogP contribution >= 0.6 is 24.0 Å². The Labute approximate surface area is 199 Å². The van der Waals surface area contributed by atoms with E-state index in [1.54, 1.807) is 0 Å². The smallest absolute Gasteiger partial charge is 0.191 e. The van der Waals surface area contributed by atoms with Gasteiger partial charge >= 0.3 is 0 Å². The zero-order valence-corrected chi connectivity index (χ0v) is 21.3. The summed E-state index contributed by atoms with van der Waals surface area (Å²) in [6, 6.07) is 9.58. The van der Waals surface area contributed by atoms with Crippen molar-refractivity contribution < 1.29 is 5.11 Å². The summed E-state index contributed by atoms with van der Waals surface area (Å²) in [4.78, 5) is 9.53. The Hall–Kier alpha value is -0.900. The van der Waals surface area contributed by atoms with Crippen molar-refractivity contribution in [2.75, 3.05) is 39.3 Å². The number of nitrogens with zero attached hydrogens (tertiary/aromatic N) is 3. The van der Waals surface area contributed by atoms with Gasteiger partial charge in [-0.25, -0.2) is 0 Å². The summed E-state index contributed by atoms with van der Waals surface area (Å²) in [6.07, 6.45) is 0.603. The Morgan fingerprint density at radius 3 is 2.63 bits per heavy atom. The first-order valence-corrected chi connectivity index (χ1v) is 11.2. The molecule has 3 atom stereocenters. The van der Waals surface area contributed by atoms with Crippen LogP contribution in [0.2, 0.25) is 0 Å². The van der Waals surface area contributed by atoms with Crippen LogP contribution in [0.1, 0.15) is 38.8 Å². The minimum absolute atomic E-state index is 0. The number of hydrogen-bond donors (Lipinski definition) is 3. The first-order chi connectivity index (χ1) is 14.0. The molecular weight excluding hydrogens is 489 g/mol. The highest BCUT2D eigenvalue weighted by molar-refractivity contribution is 14.0. The summed E-state index contributed by atoms with van der Waals surface area (Å²) in [5.74, 6) is 1.40. The topological polar surface area (TPSA) is 63.1 Å². The number of rotatable bonds is 7. The number of aliphatic hydroxyl groups excluding tert-OH is 1. The molecule has 6 nitrogen and oxygen atoms in total. The van der Waals surface area contributed by atoms with Gasteiger partial charge in [-0.3, -0.25) is 14.8 Å². The number of aliphatic imine (C=N–C) groups is 1. The Morgan fingerprint density at radius 2 is 1.97 bits per heavy atom. The van der Waals surface area contributed by atoms with Crippen molar-refractivity contribution in [1.29, 1.82) is 0 Å². The lowest BCUT2D eigenvalue weighted by Crippen LogP contribution is -2.47. The molecule has 1 aromatic carbocycles. The molecule has 2 aliphatic heterocycles. The van der Waals surface area contributed by atoms with Crippen molar-refractivity contribution in [3.8, 4) is 0 Å². The van der Waals surface area contributed by atoms with E-state index in [1.807, 2.05) is 0 Å². The fourth-order valence-corrected chi connectivity index (χ4v) is 4.37. The van der Waals surface area contributed by atoms with Crippen molar-refractivity contribution in [1.82, 2.24) is 20.4 Å².